The van der Waals surface area contributed by atoms with Crippen LogP contribution in [0.25, 0.3) is 0 Å². The molecule has 0 aliphatic heterocycles. The molecule has 20 heavy (non-hydrogen) atoms. The molecule has 0 N–H and O–H groups in total. The van der Waals surface area contributed by atoms with Crippen LogP contribution in [0.2, 0.25) is 0 Å². The van der Waals surface area contributed by atoms with Gasteiger partial charge in [0.15, 0.2) is 6.61 Å². The van der Waals surface area contributed by atoms with Gasteiger partial charge in [0, 0.05) is 12.2 Å². The molecule has 0 radical (unpaired) electrons. The molecule has 0 saturated carbocycles. The molecule has 0 heterocycles. The lowest BCUT2D eigenvalue weighted by Gasteiger charge is -2.04. The van der Waals surface area contributed by atoms with Gasteiger partial charge < -0.3 is 14.2 Å². The van der Waals surface area contributed by atoms with Gasteiger partial charge in [-0.25, -0.2) is 14.4 Å². The Bertz CT molecular complexity index is 335. The Kier molecular flexibility index (Phi) is 11.1. The van der Waals surface area contributed by atoms with Crippen molar-refractivity contribution in [1.82, 2.24) is 0 Å². The van der Waals surface area contributed by atoms with Crippen LogP contribution in [0.1, 0.15) is 39.5 Å². The first kappa shape index (κ1) is 18.1. The van der Waals surface area contributed by atoms with Crippen LogP contribution in [0.4, 0.5) is 0 Å². The van der Waals surface area contributed by atoms with Crippen LogP contribution in [0.5, 0.6) is 0 Å². The maximum Gasteiger partial charge on any atom is 0.344 e. The van der Waals surface area contributed by atoms with Crippen molar-refractivity contribution in [3.05, 3.63) is 12.2 Å². The van der Waals surface area contributed by atoms with E-state index in [-0.39, 0.29) is 6.61 Å². The molecule has 0 fully saturated rings. The summed E-state index contributed by atoms with van der Waals surface area (Å²) in [7, 11) is 0. The molecule has 0 aliphatic rings. The molecule has 0 aliphatic carbocycles. The smallest absolute Gasteiger partial charge is 0.344 e. The highest BCUT2D eigenvalue weighted by Crippen LogP contribution is 1.99. The van der Waals surface area contributed by atoms with Gasteiger partial charge >= 0.3 is 17.9 Å². The summed E-state index contributed by atoms with van der Waals surface area (Å²) in [5.41, 5.74) is 0. The Morgan fingerprint density at radius 2 is 1.50 bits per heavy atom. The number of rotatable bonds is 10. The van der Waals surface area contributed by atoms with Crippen LogP contribution >= 0.6 is 0 Å². The van der Waals surface area contributed by atoms with E-state index in [9.17, 15) is 14.4 Å². The molecule has 6 nitrogen and oxygen atoms in total. The summed E-state index contributed by atoms with van der Waals surface area (Å²) in [6.45, 7) is 3.84. The van der Waals surface area contributed by atoms with Gasteiger partial charge in [0.1, 0.15) is 0 Å². The lowest BCUT2D eigenvalue weighted by Crippen LogP contribution is -2.16. The van der Waals surface area contributed by atoms with Gasteiger partial charge in [0.25, 0.3) is 0 Å². The van der Waals surface area contributed by atoms with E-state index in [1.54, 1.807) is 6.92 Å². The highest BCUT2D eigenvalue weighted by atomic mass is 16.6. The van der Waals surface area contributed by atoms with E-state index in [0.717, 1.165) is 37.8 Å². The molecule has 0 amide bonds. The van der Waals surface area contributed by atoms with Gasteiger partial charge in [-0.15, -0.1) is 0 Å². The van der Waals surface area contributed by atoms with Crippen molar-refractivity contribution in [3.8, 4) is 0 Å². The predicted molar refractivity (Wildman–Crippen MR) is 71.8 cm³/mol. The highest BCUT2D eigenvalue weighted by Gasteiger charge is 2.06. The third-order valence-corrected chi connectivity index (χ3v) is 2.24. The van der Waals surface area contributed by atoms with E-state index in [2.05, 4.69) is 16.4 Å². The van der Waals surface area contributed by atoms with Gasteiger partial charge in [-0.2, -0.15) is 0 Å². The van der Waals surface area contributed by atoms with Gasteiger partial charge in [-0.1, -0.05) is 26.2 Å². The number of hydrogen-bond donors (Lipinski definition) is 0. The van der Waals surface area contributed by atoms with Gasteiger partial charge in [-0.05, 0) is 13.3 Å². The van der Waals surface area contributed by atoms with Crippen molar-refractivity contribution in [1.29, 1.82) is 0 Å². The van der Waals surface area contributed by atoms with Crippen molar-refractivity contribution in [2.24, 2.45) is 0 Å². The van der Waals surface area contributed by atoms with Crippen LogP contribution in [0.3, 0.4) is 0 Å². The van der Waals surface area contributed by atoms with E-state index in [1.165, 1.54) is 0 Å². The molecular weight excluding hydrogens is 264 g/mol. The van der Waals surface area contributed by atoms with Gasteiger partial charge in [0.05, 0.1) is 13.2 Å². The van der Waals surface area contributed by atoms with Crippen molar-refractivity contribution >= 4 is 17.9 Å². The number of carbonyl (C=O) groups excluding carboxylic acids is 3. The average molecular weight is 286 g/mol. The molecule has 114 valence electrons. The third-order valence-electron chi connectivity index (χ3n) is 2.24. The van der Waals surface area contributed by atoms with Crippen molar-refractivity contribution in [2.75, 3.05) is 19.8 Å². The minimum absolute atomic E-state index is 0.225. The topological polar surface area (TPSA) is 78.9 Å². The first-order valence-corrected chi connectivity index (χ1v) is 6.77. The zero-order valence-corrected chi connectivity index (χ0v) is 12.1. The van der Waals surface area contributed by atoms with E-state index in [0.29, 0.717) is 6.61 Å². The normalized spacial score (nSPS) is 10.3. The Balaban J connectivity index is 3.67. The summed E-state index contributed by atoms with van der Waals surface area (Å²) >= 11 is 0. The summed E-state index contributed by atoms with van der Waals surface area (Å²) in [5, 5.41) is 0. The molecule has 0 aromatic heterocycles. The van der Waals surface area contributed by atoms with Crippen molar-refractivity contribution in [2.45, 2.75) is 39.5 Å². The summed E-state index contributed by atoms with van der Waals surface area (Å²) in [4.78, 5) is 33.3. The maximum absolute atomic E-state index is 11.2. The fourth-order valence-corrected chi connectivity index (χ4v) is 1.26. The van der Waals surface area contributed by atoms with E-state index in [4.69, 9.17) is 4.74 Å². The Hall–Kier alpha value is -1.85. The van der Waals surface area contributed by atoms with E-state index in [1.807, 2.05) is 0 Å². The molecule has 0 unspecified atom stereocenters. The summed E-state index contributed by atoms with van der Waals surface area (Å²) in [6, 6.07) is 0. The average Bonchev–Trinajstić information content (AvgIpc) is 2.43. The number of ether oxygens (including phenoxy) is 3. The molecule has 0 atom stereocenters. The fourth-order valence-electron chi connectivity index (χ4n) is 1.26. The molecule has 0 saturated heterocycles. The zero-order valence-electron chi connectivity index (χ0n) is 12.1. The first-order chi connectivity index (χ1) is 9.60. The van der Waals surface area contributed by atoms with E-state index >= 15 is 0 Å². The number of hydrogen-bond acceptors (Lipinski definition) is 6. The third kappa shape index (κ3) is 11.3. The second-order valence-corrected chi connectivity index (χ2v) is 3.97. The molecule has 6 heteroatoms. The summed E-state index contributed by atoms with van der Waals surface area (Å²) in [5.74, 6) is -2.02. The lowest BCUT2D eigenvalue weighted by molar-refractivity contribution is -0.156. The molecule has 0 bridgehead atoms. The molecular formula is C14H22O6. The molecule has 0 rings (SSSR count). The minimum atomic E-state index is -0.791. The quantitative estimate of drug-likeness (QED) is 0.263. The monoisotopic (exact) mass is 286 g/mol. The Morgan fingerprint density at radius 1 is 0.850 bits per heavy atom. The largest absolute Gasteiger partial charge is 0.463 e. The highest BCUT2D eigenvalue weighted by molar-refractivity contribution is 5.92. The van der Waals surface area contributed by atoms with Crippen LogP contribution < -0.4 is 0 Å². The lowest BCUT2D eigenvalue weighted by atomic mass is 10.2. The zero-order chi connectivity index (χ0) is 15.2. The number of carbonyl (C=O) groups is 3. The standard InChI is InChI=1S/C14H22O6/c1-3-5-6-7-10-19-14(17)11-20-13(16)9-8-12(15)18-4-2/h8-9H,3-7,10-11H2,1-2H3/b9-8-. The molecule has 0 aromatic rings. The maximum atomic E-state index is 11.2. The van der Waals surface area contributed by atoms with Crippen LogP contribution in [-0.2, 0) is 28.6 Å². The van der Waals surface area contributed by atoms with Crippen LogP contribution in [0, 0.1) is 0 Å². The Morgan fingerprint density at radius 3 is 2.10 bits per heavy atom. The first-order valence-electron chi connectivity index (χ1n) is 6.77. The number of unbranched alkanes of at least 4 members (excludes halogenated alkanes) is 3. The number of esters is 3. The van der Waals surface area contributed by atoms with Crippen molar-refractivity contribution < 1.29 is 28.6 Å². The van der Waals surface area contributed by atoms with Crippen molar-refractivity contribution in [3.63, 3.8) is 0 Å². The van der Waals surface area contributed by atoms with Gasteiger partial charge in [0.2, 0.25) is 0 Å². The predicted octanol–water partition coefficient (Wildman–Crippen LogP) is 1.77. The van der Waals surface area contributed by atoms with E-state index < -0.39 is 24.5 Å². The van der Waals surface area contributed by atoms with Crippen LogP contribution in [-0.4, -0.2) is 37.7 Å². The minimum Gasteiger partial charge on any atom is -0.463 e. The molecule has 0 spiro atoms. The van der Waals surface area contributed by atoms with Crippen LogP contribution in [0.15, 0.2) is 12.2 Å². The summed E-state index contributed by atoms with van der Waals surface area (Å²) in [6.07, 6.45) is 5.88. The Labute approximate surface area is 119 Å². The SMILES string of the molecule is CCCCCCOC(=O)COC(=O)/C=C\C(=O)OCC. The fraction of sp³-hybridized carbons (Fsp3) is 0.643. The second kappa shape index (κ2) is 12.2. The van der Waals surface area contributed by atoms with Gasteiger partial charge in [-0.3, -0.25) is 0 Å². The summed E-state index contributed by atoms with van der Waals surface area (Å²) < 4.78 is 14.1. The second-order valence-electron chi connectivity index (χ2n) is 3.97. The molecule has 0 aromatic carbocycles.